The second-order valence-electron chi connectivity index (χ2n) is 5.14. The van der Waals surface area contributed by atoms with Crippen LogP contribution < -0.4 is 0 Å². The Kier molecular flexibility index (Phi) is 3.31. The molecule has 0 bridgehead atoms. The summed E-state index contributed by atoms with van der Waals surface area (Å²) in [6.45, 7) is 1.86. The number of carbonyl (C=O) groups excluding carboxylic acids is 2. The SMILES string of the molecule is Cc1ccccc1C(O)CN1C(=O)c2ccccc2C1=O. The Morgan fingerprint density at radius 3 is 2.05 bits per heavy atom. The van der Waals surface area contributed by atoms with Crippen molar-refractivity contribution in [2.45, 2.75) is 13.0 Å². The molecule has 1 atom stereocenters. The number of carbonyl (C=O) groups is 2. The highest BCUT2D eigenvalue weighted by atomic mass is 16.3. The molecule has 0 spiro atoms. The molecule has 0 saturated heterocycles. The van der Waals surface area contributed by atoms with E-state index in [0.29, 0.717) is 11.1 Å². The Balaban J connectivity index is 1.86. The first-order chi connectivity index (χ1) is 10.1. The van der Waals surface area contributed by atoms with Gasteiger partial charge in [-0.1, -0.05) is 36.4 Å². The lowest BCUT2D eigenvalue weighted by Crippen LogP contribution is -2.34. The van der Waals surface area contributed by atoms with Crippen molar-refractivity contribution in [3.05, 3.63) is 70.8 Å². The number of imide groups is 1. The second kappa shape index (κ2) is 5.14. The van der Waals surface area contributed by atoms with Crippen molar-refractivity contribution in [1.82, 2.24) is 4.90 Å². The zero-order chi connectivity index (χ0) is 15.0. The lowest BCUT2D eigenvalue weighted by molar-refractivity contribution is 0.0542. The van der Waals surface area contributed by atoms with Gasteiger partial charge in [-0.05, 0) is 30.2 Å². The van der Waals surface area contributed by atoms with Crippen LogP contribution in [-0.4, -0.2) is 28.4 Å². The van der Waals surface area contributed by atoms with Crippen LogP contribution in [0.25, 0.3) is 0 Å². The van der Waals surface area contributed by atoms with Gasteiger partial charge in [-0.15, -0.1) is 0 Å². The standard InChI is InChI=1S/C17H15NO3/c1-11-6-2-3-7-12(11)15(19)10-18-16(20)13-8-4-5-9-14(13)17(18)21/h2-9,15,19H,10H2,1H3. The van der Waals surface area contributed by atoms with Crippen molar-refractivity contribution in [3.8, 4) is 0 Å². The summed E-state index contributed by atoms with van der Waals surface area (Å²) >= 11 is 0. The minimum atomic E-state index is -0.881. The van der Waals surface area contributed by atoms with E-state index in [2.05, 4.69) is 0 Å². The van der Waals surface area contributed by atoms with E-state index < -0.39 is 6.10 Å². The van der Waals surface area contributed by atoms with E-state index >= 15 is 0 Å². The number of benzene rings is 2. The van der Waals surface area contributed by atoms with E-state index in [-0.39, 0.29) is 18.4 Å². The number of aryl methyl sites for hydroxylation is 1. The fraction of sp³-hybridized carbons (Fsp3) is 0.176. The first-order valence-corrected chi connectivity index (χ1v) is 6.78. The number of amides is 2. The molecule has 21 heavy (non-hydrogen) atoms. The van der Waals surface area contributed by atoms with Gasteiger partial charge < -0.3 is 5.11 Å². The number of aliphatic hydroxyl groups excluding tert-OH is 1. The van der Waals surface area contributed by atoms with Crippen LogP contribution in [-0.2, 0) is 0 Å². The zero-order valence-corrected chi connectivity index (χ0v) is 11.6. The van der Waals surface area contributed by atoms with Crippen LogP contribution >= 0.6 is 0 Å². The molecule has 0 saturated carbocycles. The van der Waals surface area contributed by atoms with Crippen LogP contribution in [0.15, 0.2) is 48.5 Å². The van der Waals surface area contributed by atoms with Crippen molar-refractivity contribution in [3.63, 3.8) is 0 Å². The molecule has 2 aromatic rings. The van der Waals surface area contributed by atoms with Gasteiger partial charge in [0.15, 0.2) is 0 Å². The maximum atomic E-state index is 12.3. The summed E-state index contributed by atoms with van der Waals surface area (Å²) in [6.07, 6.45) is -0.881. The molecule has 0 aliphatic carbocycles. The van der Waals surface area contributed by atoms with Gasteiger partial charge in [0, 0.05) is 0 Å². The van der Waals surface area contributed by atoms with Gasteiger partial charge in [0.05, 0.1) is 23.8 Å². The topological polar surface area (TPSA) is 57.6 Å². The Hall–Kier alpha value is -2.46. The highest BCUT2D eigenvalue weighted by molar-refractivity contribution is 6.21. The van der Waals surface area contributed by atoms with E-state index in [1.54, 1.807) is 30.3 Å². The molecule has 1 heterocycles. The van der Waals surface area contributed by atoms with Crippen LogP contribution in [0.1, 0.15) is 37.9 Å². The largest absolute Gasteiger partial charge is 0.387 e. The third kappa shape index (κ3) is 2.23. The Morgan fingerprint density at radius 2 is 1.48 bits per heavy atom. The quantitative estimate of drug-likeness (QED) is 0.878. The first-order valence-electron chi connectivity index (χ1n) is 6.78. The van der Waals surface area contributed by atoms with Crippen molar-refractivity contribution in [2.75, 3.05) is 6.54 Å². The first kappa shape index (κ1) is 13.5. The zero-order valence-electron chi connectivity index (χ0n) is 11.6. The smallest absolute Gasteiger partial charge is 0.261 e. The molecule has 0 radical (unpaired) electrons. The van der Waals surface area contributed by atoms with Crippen molar-refractivity contribution in [2.24, 2.45) is 0 Å². The summed E-state index contributed by atoms with van der Waals surface area (Å²) in [4.78, 5) is 25.6. The molecule has 4 nitrogen and oxygen atoms in total. The number of hydrogen-bond acceptors (Lipinski definition) is 3. The van der Waals surface area contributed by atoms with Crippen molar-refractivity contribution >= 4 is 11.8 Å². The highest BCUT2D eigenvalue weighted by Gasteiger charge is 2.36. The van der Waals surface area contributed by atoms with Crippen LogP contribution in [0.2, 0.25) is 0 Å². The predicted molar refractivity (Wildman–Crippen MR) is 77.9 cm³/mol. The lowest BCUT2D eigenvalue weighted by Gasteiger charge is -2.20. The fourth-order valence-electron chi connectivity index (χ4n) is 2.64. The number of aliphatic hydroxyl groups is 1. The molecule has 2 aromatic carbocycles. The van der Waals surface area contributed by atoms with Gasteiger partial charge in [0.1, 0.15) is 0 Å². The van der Waals surface area contributed by atoms with Crippen LogP contribution in [0, 0.1) is 6.92 Å². The summed E-state index contributed by atoms with van der Waals surface area (Å²) in [5.74, 6) is -0.688. The monoisotopic (exact) mass is 281 g/mol. The van der Waals surface area contributed by atoms with E-state index in [4.69, 9.17) is 0 Å². The average Bonchev–Trinajstić information content (AvgIpc) is 2.73. The molecule has 3 rings (SSSR count). The highest BCUT2D eigenvalue weighted by Crippen LogP contribution is 2.26. The average molecular weight is 281 g/mol. The molecule has 4 heteroatoms. The molecular weight excluding hydrogens is 266 g/mol. The predicted octanol–water partition coefficient (Wildman–Crippen LogP) is 2.32. The van der Waals surface area contributed by atoms with E-state index in [0.717, 1.165) is 16.0 Å². The Bertz CT molecular complexity index is 688. The molecule has 106 valence electrons. The third-order valence-electron chi connectivity index (χ3n) is 3.78. The maximum absolute atomic E-state index is 12.3. The molecule has 1 N–H and O–H groups in total. The molecule has 0 aromatic heterocycles. The summed E-state index contributed by atoms with van der Waals surface area (Å²) in [5.41, 5.74) is 2.47. The number of nitrogens with zero attached hydrogens (tertiary/aromatic N) is 1. The Labute approximate surface area is 122 Å². The number of hydrogen-bond donors (Lipinski definition) is 1. The normalized spacial score (nSPS) is 15.2. The summed E-state index contributed by atoms with van der Waals surface area (Å²) in [6, 6.07) is 14.1. The van der Waals surface area contributed by atoms with Gasteiger partial charge >= 0.3 is 0 Å². The van der Waals surface area contributed by atoms with Gasteiger partial charge in [0.25, 0.3) is 11.8 Å². The van der Waals surface area contributed by atoms with Gasteiger partial charge in [-0.3, -0.25) is 14.5 Å². The third-order valence-corrected chi connectivity index (χ3v) is 3.78. The fourth-order valence-corrected chi connectivity index (χ4v) is 2.64. The van der Waals surface area contributed by atoms with Crippen LogP contribution in [0.5, 0.6) is 0 Å². The van der Waals surface area contributed by atoms with Gasteiger partial charge in [-0.2, -0.15) is 0 Å². The molecule has 1 aliphatic rings. The van der Waals surface area contributed by atoms with E-state index in [1.807, 2.05) is 25.1 Å². The van der Waals surface area contributed by atoms with Gasteiger partial charge in [-0.25, -0.2) is 0 Å². The number of rotatable bonds is 3. The molecule has 1 aliphatic heterocycles. The number of fused-ring (bicyclic) bond motifs is 1. The molecule has 1 unspecified atom stereocenters. The van der Waals surface area contributed by atoms with Crippen molar-refractivity contribution in [1.29, 1.82) is 0 Å². The van der Waals surface area contributed by atoms with Crippen LogP contribution in [0.3, 0.4) is 0 Å². The minimum absolute atomic E-state index is 0.0306. The summed E-state index contributed by atoms with van der Waals surface area (Å²) in [7, 11) is 0. The summed E-state index contributed by atoms with van der Waals surface area (Å²) in [5, 5.41) is 10.3. The molecule has 0 fully saturated rings. The van der Waals surface area contributed by atoms with Crippen LogP contribution in [0.4, 0.5) is 0 Å². The molecular formula is C17H15NO3. The van der Waals surface area contributed by atoms with E-state index in [1.165, 1.54) is 0 Å². The Morgan fingerprint density at radius 1 is 0.952 bits per heavy atom. The molecule has 2 amide bonds. The second-order valence-corrected chi connectivity index (χ2v) is 5.14. The van der Waals surface area contributed by atoms with Crippen molar-refractivity contribution < 1.29 is 14.7 Å². The van der Waals surface area contributed by atoms with Gasteiger partial charge in [0.2, 0.25) is 0 Å². The van der Waals surface area contributed by atoms with E-state index in [9.17, 15) is 14.7 Å². The maximum Gasteiger partial charge on any atom is 0.261 e. The summed E-state index contributed by atoms with van der Waals surface area (Å²) < 4.78 is 0. The minimum Gasteiger partial charge on any atom is -0.387 e. The lowest BCUT2D eigenvalue weighted by atomic mass is 10.0. The number of β-amino-alcohol motifs (C(OH)–C–C–N with tert-alkyl or cyclic N) is 1.